The number of nitrogens with one attached hydrogen (secondary N) is 1. The van der Waals surface area contributed by atoms with Crippen LogP contribution in [-0.4, -0.2) is 51.4 Å². The van der Waals surface area contributed by atoms with Gasteiger partial charge in [0.05, 0.1) is 12.2 Å². The molecule has 2 aromatic rings. The Balaban J connectivity index is 1.53. The van der Waals surface area contributed by atoms with Crippen molar-refractivity contribution in [3.8, 4) is 0 Å². The molecule has 0 radical (unpaired) electrons. The average Bonchev–Trinajstić information content (AvgIpc) is 2.96. The van der Waals surface area contributed by atoms with E-state index in [1.54, 1.807) is 4.90 Å². The molecule has 144 valence electrons. The number of nitrogens with zero attached hydrogens (tertiary/aromatic N) is 3. The minimum absolute atomic E-state index is 0.0135. The molecule has 3 rings (SSSR count). The number of rotatable bonds is 5. The third-order valence-corrected chi connectivity index (χ3v) is 5.55. The van der Waals surface area contributed by atoms with Crippen LogP contribution in [0, 0.1) is 27.7 Å². The van der Waals surface area contributed by atoms with Gasteiger partial charge in [-0.2, -0.15) is 5.10 Å². The summed E-state index contributed by atoms with van der Waals surface area (Å²) >= 11 is 0. The van der Waals surface area contributed by atoms with E-state index in [2.05, 4.69) is 42.2 Å². The maximum atomic E-state index is 12.5. The van der Waals surface area contributed by atoms with Crippen LogP contribution in [0.5, 0.6) is 0 Å². The van der Waals surface area contributed by atoms with Crippen molar-refractivity contribution >= 4 is 11.8 Å². The number of hydrogen-bond donors (Lipinski definition) is 1. The Hall–Kier alpha value is -2.63. The van der Waals surface area contributed by atoms with Crippen molar-refractivity contribution in [1.82, 2.24) is 20.0 Å². The Labute approximate surface area is 160 Å². The fourth-order valence-electron chi connectivity index (χ4n) is 3.37. The van der Waals surface area contributed by atoms with Crippen LogP contribution in [0.25, 0.3) is 0 Å². The molecule has 1 fully saturated rings. The molecule has 1 aliphatic rings. The molecule has 1 aromatic carbocycles. The fraction of sp³-hybridized carbons (Fsp3) is 0.476. The molecule has 2 amide bonds. The minimum atomic E-state index is 0.0135. The molecule has 6 nitrogen and oxygen atoms in total. The Morgan fingerprint density at radius 2 is 1.93 bits per heavy atom. The first-order valence-corrected chi connectivity index (χ1v) is 9.47. The second kappa shape index (κ2) is 7.94. The fourth-order valence-corrected chi connectivity index (χ4v) is 3.37. The molecule has 0 atom stereocenters. The molecule has 6 heteroatoms. The van der Waals surface area contributed by atoms with Crippen LogP contribution in [0.4, 0.5) is 0 Å². The lowest BCUT2D eigenvalue weighted by Crippen LogP contribution is -2.51. The van der Waals surface area contributed by atoms with E-state index in [9.17, 15) is 9.59 Å². The summed E-state index contributed by atoms with van der Waals surface area (Å²) in [4.78, 5) is 28.5. The molecular formula is C21H28N4O2. The first-order valence-electron chi connectivity index (χ1n) is 9.47. The lowest BCUT2D eigenvalue weighted by atomic mass is 10.1. The van der Waals surface area contributed by atoms with Crippen LogP contribution >= 0.6 is 0 Å². The van der Waals surface area contributed by atoms with Gasteiger partial charge in [0, 0.05) is 38.2 Å². The van der Waals surface area contributed by atoms with Crippen LogP contribution in [0.1, 0.15) is 40.1 Å². The first kappa shape index (κ1) is 19.1. The number of aryl methyl sites for hydroxylation is 4. The summed E-state index contributed by atoms with van der Waals surface area (Å²) in [6, 6.07) is 6.29. The molecule has 0 unspecified atom stereocenters. The SMILES string of the molecule is Cc1ccc(CN2CCN(C(=O)CCc3n[nH]c(C)c3C)CC2=O)cc1C. The summed E-state index contributed by atoms with van der Waals surface area (Å²) in [7, 11) is 0. The average molecular weight is 368 g/mol. The van der Waals surface area contributed by atoms with E-state index in [1.807, 2.05) is 18.7 Å². The predicted molar refractivity (Wildman–Crippen MR) is 104 cm³/mol. The summed E-state index contributed by atoms with van der Waals surface area (Å²) in [5.41, 5.74) is 6.70. The number of piperazine rings is 1. The zero-order chi connectivity index (χ0) is 19.6. The predicted octanol–water partition coefficient (Wildman–Crippen LogP) is 2.45. The van der Waals surface area contributed by atoms with E-state index < -0.39 is 0 Å². The molecule has 0 bridgehead atoms. The Bertz CT molecular complexity index is 856. The summed E-state index contributed by atoms with van der Waals surface area (Å²) in [5.74, 6) is 0.0360. The molecule has 27 heavy (non-hydrogen) atoms. The number of H-pyrrole nitrogens is 1. The third kappa shape index (κ3) is 4.38. The highest BCUT2D eigenvalue weighted by Crippen LogP contribution is 2.15. The topological polar surface area (TPSA) is 69.3 Å². The van der Waals surface area contributed by atoms with Crippen molar-refractivity contribution in [2.24, 2.45) is 0 Å². The van der Waals surface area contributed by atoms with E-state index >= 15 is 0 Å². The van der Waals surface area contributed by atoms with Gasteiger partial charge >= 0.3 is 0 Å². The van der Waals surface area contributed by atoms with Crippen molar-refractivity contribution in [2.75, 3.05) is 19.6 Å². The van der Waals surface area contributed by atoms with Crippen molar-refractivity contribution in [2.45, 2.75) is 47.1 Å². The second-order valence-electron chi connectivity index (χ2n) is 7.47. The summed E-state index contributed by atoms with van der Waals surface area (Å²) < 4.78 is 0. The Morgan fingerprint density at radius 1 is 1.15 bits per heavy atom. The maximum Gasteiger partial charge on any atom is 0.242 e. The van der Waals surface area contributed by atoms with E-state index in [0.717, 1.165) is 22.5 Å². The Kier molecular flexibility index (Phi) is 5.63. The number of amides is 2. The van der Waals surface area contributed by atoms with Crippen LogP contribution in [0.15, 0.2) is 18.2 Å². The van der Waals surface area contributed by atoms with Crippen molar-refractivity contribution in [1.29, 1.82) is 0 Å². The van der Waals surface area contributed by atoms with Crippen molar-refractivity contribution in [3.05, 3.63) is 51.8 Å². The van der Waals surface area contributed by atoms with E-state index in [4.69, 9.17) is 0 Å². The smallest absolute Gasteiger partial charge is 0.242 e. The highest BCUT2D eigenvalue weighted by molar-refractivity contribution is 5.86. The molecule has 0 aliphatic carbocycles. The molecule has 0 spiro atoms. The number of aromatic amines is 1. The number of hydrogen-bond acceptors (Lipinski definition) is 3. The maximum absolute atomic E-state index is 12.5. The summed E-state index contributed by atoms with van der Waals surface area (Å²) in [6.45, 7) is 10.1. The molecule has 0 saturated carbocycles. The van der Waals surface area contributed by atoms with E-state index in [0.29, 0.717) is 32.5 Å². The zero-order valence-corrected chi connectivity index (χ0v) is 16.6. The van der Waals surface area contributed by atoms with Gasteiger partial charge in [-0.1, -0.05) is 18.2 Å². The molecule has 1 aliphatic heterocycles. The quantitative estimate of drug-likeness (QED) is 0.881. The van der Waals surface area contributed by atoms with Gasteiger partial charge in [0.2, 0.25) is 11.8 Å². The van der Waals surface area contributed by atoms with Gasteiger partial charge in [0.1, 0.15) is 0 Å². The number of benzene rings is 1. The molecular weight excluding hydrogens is 340 g/mol. The van der Waals surface area contributed by atoms with Crippen LogP contribution in [0.2, 0.25) is 0 Å². The number of carbonyl (C=O) groups excluding carboxylic acids is 2. The molecule has 1 N–H and O–H groups in total. The lowest BCUT2D eigenvalue weighted by molar-refractivity contribution is -0.145. The van der Waals surface area contributed by atoms with Crippen molar-refractivity contribution in [3.63, 3.8) is 0 Å². The Morgan fingerprint density at radius 3 is 2.56 bits per heavy atom. The summed E-state index contributed by atoms with van der Waals surface area (Å²) in [5, 5.41) is 7.20. The van der Waals surface area contributed by atoms with E-state index in [1.165, 1.54) is 11.1 Å². The van der Waals surface area contributed by atoms with Gasteiger partial charge in [0.15, 0.2) is 0 Å². The summed E-state index contributed by atoms with van der Waals surface area (Å²) in [6.07, 6.45) is 0.988. The van der Waals surface area contributed by atoms with Gasteiger partial charge in [-0.15, -0.1) is 0 Å². The van der Waals surface area contributed by atoms with Gasteiger partial charge in [0.25, 0.3) is 0 Å². The number of carbonyl (C=O) groups is 2. The standard InChI is InChI=1S/C21H28N4O2/c1-14-5-6-18(11-15(14)2)12-24-9-10-25(13-21(24)27)20(26)8-7-19-16(3)17(4)22-23-19/h5-6,11H,7-10,12-13H2,1-4H3,(H,22,23). The minimum Gasteiger partial charge on any atom is -0.335 e. The van der Waals surface area contributed by atoms with Crippen molar-refractivity contribution < 1.29 is 9.59 Å². The van der Waals surface area contributed by atoms with Crippen LogP contribution in [0.3, 0.4) is 0 Å². The zero-order valence-electron chi connectivity index (χ0n) is 16.6. The van der Waals surface area contributed by atoms with Crippen LogP contribution in [-0.2, 0) is 22.6 Å². The van der Waals surface area contributed by atoms with Gasteiger partial charge in [-0.25, -0.2) is 0 Å². The van der Waals surface area contributed by atoms with Crippen LogP contribution < -0.4 is 0 Å². The van der Waals surface area contributed by atoms with Gasteiger partial charge < -0.3 is 9.80 Å². The normalized spacial score (nSPS) is 14.7. The molecule has 2 heterocycles. The highest BCUT2D eigenvalue weighted by Gasteiger charge is 2.27. The largest absolute Gasteiger partial charge is 0.335 e. The molecule has 1 aromatic heterocycles. The first-order chi connectivity index (χ1) is 12.8. The second-order valence-corrected chi connectivity index (χ2v) is 7.47. The van der Waals surface area contributed by atoms with Gasteiger partial charge in [-0.3, -0.25) is 14.7 Å². The third-order valence-electron chi connectivity index (χ3n) is 5.55. The lowest BCUT2D eigenvalue weighted by Gasteiger charge is -2.34. The highest BCUT2D eigenvalue weighted by atomic mass is 16.2. The number of aromatic nitrogens is 2. The monoisotopic (exact) mass is 368 g/mol. The van der Waals surface area contributed by atoms with Gasteiger partial charge in [-0.05, 0) is 49.9 Å². The molecule has 1 saturated heterocycles. The van der Waals surface area contributed by atoms with E-state index in [-0.39, 0.29) is 18.4 Å².